The van der Waals surface area contributed by atoms with Crippen molar-refractivity contribution in [2.75, 3.05) is 6.54 Å². The second-order valence-corrected chi connectivity index (χ2v) is 4.82. The lowest BCUT2D eigenvalue weighted by Gasteiger charge is -2.03. The van der Waals surface area contributed by atoms with Crippen LogP contribution in [-0.4, -0.2) is 30.0 Å². The highest BCUT2D eigenvalue weighted by atomic mass is 32.2. The molecule has 1 aromatic heterocycles. The first-order valence-electron chi connectivity index (χ1n) is 4.50. The Morgan fingerprint density at radius 2 is 2.00 bits per heavy atom. The monoisotopic (exact) mass is 231 g/mol. The van der Waals surface area contributed by atoms with Crippen molar-refractivity contribution >= 4 is 10.0 Å². The molecule has 0 saturated carbocycles. The van der Waals surface area contributed by atoms with Gasteiger partial charge in [-0.25, -0.2) is 23.1 Å². The molecule has 15 heavy (non-hydrogen) atoms. The molecule has 1 heterocycles. The van der Waals surface area contributed by atoms with Crippen LogP contribution in [0.2, 0.25) is 0 Å². The number of nitrogens with zero attached hydrogens (tertiary/aromatic N) is 2. The molecule has 0 aliphatic heterocycles. The summed E-state index contributed by atoms with van der Waals surface area (Å²) >= 11 is 0. The zero-order valence-corrected chi connectivity index (χ0v) is 9.16. The number of hydrogen-bond donors (Lipinski definition) is 2. The summed E-state index contributed by atoms with van der Waals surface area (Å²) in [7, 11) is -3.37. The average Bonchev–Trinajstić information content (AvgIpc) is 2.18. The van der Waals surface area contributed by atoms with E-state index in [4.69, 9.17) is 5.11 Å². The van der Waals surface area contributed by atoms with Crippen LogP contribution in [0.4, 0.5) is 0 Å². The predicted molar refractivity (Wildman–Crippen MR) is 54.6 cm³/mol. The second kappa shape index (κ2) is 5.04. The fourth-order valence-electron chi connectivity index (χ4n) is 0.901. The third-order valence-corrected chi connectivity index (χ3v) is 2.86. The fraction of sp³-hybridized carbons (Fsp3) is 0.500. The van der Waals surface area contributed by atoms with E-state index >= 15 is 0 Å². The highest BCUT2D eigenvalue weighted by Gasteiger charge is 2.12. The van der Waals surface area contributed by atoms with Crippen molar-refractivity contribution < 1.29 is 13.5 Å². The number of aromatic nitrogens is 2. The van der Waals surface area contributed by atoms with E-state index in [2.05, 4.69) is 14.7 Å². The van der Waals surface area contributed by atoms with Crippen LogP contribution >= 0.6 is 0 Å². The van der Waals surface area contributed by atoms with Gasteiger partial charge in [0.25, 0.3) is 0 Å². The normalized spacial score (nSPS) is 11.5. The lowest BCUT2D eigenvalue weighted by atomic mass is 10.5. The van der Waals surface area contributed by atoms with Crippen LogP contribution in [0.25, 0.3) is 0 Å². The van der Waals surface area contributed by atoms with Gasteiger partial charge in [0.1, 0.15) is 11.6 Å². The van der Waals surface area contributed by atoms with Gasteiger partial charge in [-0.3, -0.25) is 0 Å². The summed E-state index contributed by atoms with van der Waals surface area (Å²) in [6, 6.07) is 0. The maximum atomic E-state index is 11.4. The molecule has 0 aliphatic carbocycles. The van der Waals surface area contributed by atoms with Crippen LogP contribution in [0.1, 0.15) is 19.2 Å². The van der Waals surface area contributed by atoms with Gasteiger partial charge in [0.2, 0.25) is 10.0 Å². The first-order chi connectivity index (χ1) is 7.03. The Kier molecular flexibility index (Phi) is 3.98. The smallest absolute Gasteiger partial charge is 0.218 e. The summed E-state index contributed by atoms with van der Waals surface area (Å²) in [4.78, 5) is 7.38. The Hall–Kier alpha value is -1.21. The molecule has 0 atom stereocenters. The van der Waals surface area contributed by atoms with Crippen LogP contribution in [0.5, 0.6) is 5.75 Å². The van der Waals surface area contributed by atoms with E-state index in [1.54, 1.807) is 0 Å². The fourth-order valence-corrected chi connectivity index (χ4v) is 2.01. The van der Waals surface area contributed by atoms with Crippen molar-refractivity contribution in [2.24, 2.45) is 0 Å². The van der Waals surface area contributed by atoms with Crippen molar-refractivity contribution in [3.63, 3.8) is 0 Å². The molecule has 0 amide bonds. The van der Waals surface area contributed by atoms with Crippen LogP contribution < -0.4 is 4.72 Å². The standard InChI is InChI=1S/C8H13N3O3S/c1-2-3-11-15(13,14)6-8-9-4-7(12)5-10-8/h4-5,11-12H,2-3,6H2,1H3. The summed E-state index contributed by atoms with van der Waals surface area (Å²) in [6.45, 7) is 2.28. The van der Waals surface area contributed by atoms with E-state index in [9.17, 15) is 8.42 Å². The molecule has 7 heteroatoms. The van der Waals surface area contributed by atoms with Crippen molar-refractivity contribution in [3.05, 3.63) is 18.2 Å². The van der Waals surface area contributed by atoms with Crippen molar-refractivity contribution in [3.8, 4) is 5.75 Å². The molecule has 0 bridgehead atoms. The zero-order valence-electron chi connectivity index (χ0n) is 8.34. The predicted octanol–water partition coefficient (Wildman–Crippen LogP) is 0.0116. The van der Waals surface area contributed by atoms with Crippen molar-refractivity contribution in [1.82, 2.24) is 14.7 Å². The Balaban J connectivity index is 2.65. The van der Waals surface area contributed by atoms with Gasteiger partial charge < -0.3 is 5.11 Å². The summed E-state index contributed by atoms with van der Waals surface area (Å²) in [5.41, 5.74) is 0. The first-order valence-corrected chi connectivity index (χ1v) is 6.16. The molecule has 6 nitrogen and oxygen atoms in total. The van der Waals surface area contributed by atoms with Crippen LogP contribution in [-0.2, 0) is 15.8 Å². The van der Waals surface area contributed by atoms with E-state index in [1.807, 2.05) is 6.92 Å². The third kappa shape index (κ3) is 4.22. The quantitative estimate of drug-likeness (QED) is 0.744. The summed E-state index contributed by atoms with van der Waals surface area (Å²) in [5, 5.41) is 8.91. The minimum absolute atomic E-state index is 0.0855. The molecule has 0 aliphatic rings. The highest BCUT2D eigenvalue weighted by molar-refractivity contribution is 7.88. The molecule has 1 rings (SSSR count). The van der Waals surface area contributed by atoms with Gasteiger partial charge in [-0.05, 0) is 6.42 Å². The van der Waals surface area contributed by atoms with Crippen LogP contribution in [0.3, 0.4) is 0 Å². The van der Waals surface area contributed by atoms with Gasteiger partial charge in [0, 0.05) is 6.54 Å². The lowest BCUT2D eigenvalue weighted by molar-refractivity contribution is 0.468. The van der Waals surface area contributed by atoms with Gasteiger partial charge in [0.05, 0.1) is 12.4 Å². The molecule has 0 unspecified atom stereocenters. The topological polar surface area (TPSA) is 92.2 Å². The molecular weight excluding hydrogens is 218 g/mol. The minimum Gasteiger partial charge on any atom is -0.505 e. The van der Waals surface area contributed by atoms with Gasteiger partial charge >= 0.3 is 0 Å². The van der Waals surface area contributed by atoms with Gasteiger partial charge in [0.15, 0.2) is 5.75 Å². The SMILES string of the molecule is CCCNS(=O)(=O)Cc1ncc(O)cn1. The van der Waals surface area contributed by atoms with E-state index in [0.29, 0.717) is 6.54 Å². The molecule has 0 saturated heterocycles. The summed E-state index contributed by atoms with van der Waals surface area (Å²) in [6.07, 6.45) is 3.06. The maximum Gasteiger partial charge on any atom is 0.218 e. The second-order valence-electron chi connectivity index (χ2n) is 3.01. The van der Waals surface area contributed by atoms with Gasteiger partial charge in [-0.1, -0.05) is 6.92 Å². The molecule has 0 spiro atoms. The third-order valence-electron chi connectivity index (χ3n) is 1.58. The van der Waals surface area contributed by atoms with E-state index < -0.39 is 10.0 Å². The zero-order chi connectivity index (χ0) is 11.3. The maximum absolute atomic E-state index is 11.4. The number of hydrogen-bond acceptors (Lipinski definition) is 5. The Morgan fingerprint density at radius 3 is 2.53 bits per heavy atom. The average molecular weight is 231 g/mol. The first kappa shape index (κ1) is 11.9. The molecule has 84 valence electrons. The number of nitrogens with one attached hydrogen (secondary N) is 1. The molecule has 0 fully saturated rings. The number of aromatic hydroxyl groups is 1. The number of sulfonamides is 1. The lowest BCUT2D eigenvalue weighted by Crippen LogP contribution is -2.26. The highest BCUT2D eigenvalue weighted by Crippen LogP contribution is 2.04. The van der Waals surface area contributed by atoms with Gasteiger partial charge in [-0.15, -0.1) is 0 Å². The summed E-state index contributed by atoms with van der Waals surface area (Å²) in [5.74, 6) is -0.193. The van der Waals surface area contributed by atoms with Crippen molar-refractivity contribution in [2.45, 2.75) is 19.1 Å². The van der Waals surface area contributed by atoms with Crippen LogP contribution in [0.15, 0.2) is 12.4 Å². The van der Waals surface area contributed by atoms with E-state index in [1.165, 1.54) is 0 Å². The largest absolute Gasteiger partial charge is 0.505 e. The molecule has 0 aromatic carbocycles. The summed E-state index contributed by atoms with van der Waals surface area (Å²) < 4.78 is 25.2. The Morgan fingerprint density at radius 1 is 1.40 bits per heavy atom. The van der Waals surface area contributed by atoms with Gasteiger partial charge in [-0.2, -0.15) is 0 Å². The molecule has 1 aromatic rings. The van der Waals surface area contributed by atoms with Crippen molar-refractivity contribution in [1.29, 1.82) is 0 Å². The number of rotatable bonds is 5. The Labute approximate surface area is 88.4 Å². The van der Waals surface area contributed by atoms with Crippen LogP contribution in [0, 0.1) is 0 Å². The van der Waals surface area contributed by atoms with E-state index in [-0.39, 0.29) is 17.3 Å². The Bertz CT molecular complexity index is 402. The molecule has 0 radical (unpaired) electrons. The van der Waals surface area contributed by atoms with E-state index in [0.717, 1.165) is 18.8 Å². The molecule has 2 N–H and O–H groups in total. The minimum atomic E-state index is -3.37. The molecular formula is C8H13N3O3S.